The second-order valence-corrected chi connectivity index (χ2v) is 5.67. The Bertz CT molecular complexity index is 492. The van der Waals surface area contributed by atoms with E-state index < -0.39 is 0 Å². The summed E-state index contributed by atoms with van der Waals surface area (Å²) in [4.78, 5) is 16.7. The minimum atomic E-state index is -0.113. The first-order valence-corrected chi connectivity index (χ1v) is 7.20. The number of nitrogens with zero attached hydrogens (tertiary/aromatic N) is 2. The first kappa shape index (κ1) is 13.2. The number of carbonyl (C=O) groups is 1. The van der Waals surface area contributed by atoms with Crippen molar-refractivity contribution in [2.24, 2.45) is 0 Å². The summed E-state index contributed by atoms with van der Waals surface area (Å²) in [5, 5.41) is 18.9. The molecule has 3 rings (SSSR count). The highest BCUT2D eigenvalue weighted by atomic mass is 16.3. The number of carbonyl (C=O) groups excluding carboxylic acids is 1. The van der Waals surface area contributed by atoms with Crippen LogP contribution >= 0.6 is 0 Å². The van der Waals surface area contributed by atoms with Crippen molar-refractivity contribution in [1.29, 1.82) is 0 Å². The van der Waals surface area contributed by atoms with Crippen LogP contribution in [0.15, 0.2) is 18.2 Å². The van der Waals surface area contributed by atoms with Gasteiger partial charge in [-0.05, 0) is 44.5 Å². The summed E-state index contributed by atoms with van der Waals surface area (Å²) in [6.45, 7) is 3.77. The molecule has 2 aliphatic heterocycles. The topological polar surface area (TPSA) is 64.0 Å². The molecule has 108 valence electrons. The Kier molecular flexibility index (Phi) is 3.53. The monoisotopic (exact) mass is 276 g/mol. The van der Waals surface area contributed by atoms with E-state index in [2.05, 4.69) is 4.90 Å². The zero-order valence-corrected chi connectivity index (χ0v) is 11.5. The van der Waals surface area contributed by atoms with Gasteiger partial charge in [0.05, 0.1) is 0 Å². The summed E-state index contributed by atoms with van der Waals surface area (Å²) in [6, 6.07) is 4.51. The predicted octanol–water partition coefficient (Wildman–Crippen LogP) is 1.41. The summed E-state index contributed by atoms with van der Waals surface area (Å²) >= 11 is 0. The maximum absolute atomic E-state index is 12.4. The summed E-state index contributed by atoms with van der Waals surface area (Å²) in [6.07, 6.45) is 3.52. The Labute approximate surface area is 118 Å². The van der Waals surface area contributed by atoms with Gasteiger partial charge in [0.15, 0.2) is 0 Å². The first-order chi connectivity index (χ1) is 9.63. The third-order valence-electron chi connectivity index (χ3n) is 4.26. The molecule has 0 aromatic heterocycles. The maximum atomic E-state index is 12.4. The van der Waals surface area contributed by atoms with Crippen LogP contribution in [0.25, 0.3) is 0 Å². The minimum absolute atomic E-state index is 0.0800. The number of aromatic hydroxyl groups is 2. The lowest BCUT2D eigenvalue weighted by atomic mass is 10.2. The molecule has 0 radical (unpaired) electrons. The van der Waals surface area contributed by atoms with Crippen molar-refractivity contribution in [2.45, 2.75) is 25.3 Å². The van der Waals surface area contributed by atoms with Crippen molar-refractivity contribution in [1.82, 2.24) is 9.80 Å². The highest BCUT2D eigenvalue weighted by Crippen LogP contribution is 2.25. The van der Waals surface area contributed by atoms with Crippen LogP contribution < -0.4 is 0 Å². The smallest absolute Gasteiger partial charge is 0.254 e. The molecule has 2 fully saturated rings. The molecule has 5 heteroatoms. The Morgan fingerprint density at radius 3 is 2.35 bits per heavy atom. The molecular formula is C15H20N2O3. The number of rotatable bonds is 2. The van der Waals surface area contributed by atoms with E-state index in [-0.39, 0.29) is 17.4 Å². The number of likely N-dealkylation sites (tertiary alicyclic amines) is 2. The van der Waals surface area contributed by atoms with E-state index >= 15 is 0 Å². The fourth-order valence-corrected chi connectivity index (χ4v) is 3.23. The van der Waals surface area contributed by atoms with E-state index in [9.17, 15) is 15.0 Å². The Balaban J connectivity index is 1.68. The SMILES string of the molecule is O=C(c1cc(O)cc(O)c1)N1CCC(N2CCCC2)C1. The lowest BCUT2D eigenvalue weighted by Crippen LogP contribution is -2.37. The number of amides is 1. The summed E-state index contributed by atoms with van der Waals surface area (Å²) in [7, 11) is 0. The quantitative estimate of drug-likeness (QED) is 0.857. The van der Waals surface area contributed by atoms with Crippen LogP contribution in [0.1, 0.15) is 29.6 Å². The van der Waals surface area contributed by atoms with Gasteiger partial charge in [-0.15, -0.1) is 0 Å². The molecule has 1 aromatic carbocycles. The van der Waals surface area contributed by atoms with Crippen LogP contribution in [0, 0.1) is 0 Å². The first-order valence-electron chi connectivity index (χ1n) is 7.20. The van der Waals surface area contributed by atoms with Gasteiger partial charge in [-0.2, -0.15) is 0 Å². The van der Waals surface area contributed by atoms with Crippen molar-refractivity contribution in [3.8, 4) is 11.5 Å². The zero-order valence-electron chi connectivity index (χ0n) is 11.5. The fourth-order valence-electron chi connectivity index (χ4n) is 3.23. The summed E-state index contributed by atoms with van der Waals surface area (Å²) in [5.41, 5.74) is 0.351. The Morgan fingerprint density at radius 1 is 1.05 bits per heavy atom. The van der Waals surface area contributed by atoms with Crippen LogP contribution in [0.5, 0.6) is 11.5 Å². The summed E-state index contributed by atoms with van der Waals surface area (Å²) < 4.78 is 0. The lowest BCUT2D eigenvalue weighted by molar-refractivity contribution is 0.0779. The lowest BCUT2D eigenvalue weighted by Gasteiger charge is -2.23. The van der Waals surface area contributed by atoms with Crippen molar-refractivity contribution < 1.29 is 15.0 Å². The van der Waals surface area contributed by atoms with Crippen molar-refractivity contribution in [2.75, 3.05) is 26.2 Å². The highest BCUT2D eigenvalue weighted by molar-refractivity contribution is 5.95. The molecule has 0 aliphatic carbocycles. The molecule has 1 atom stereocenters. The van der Waals surface area contributed by atoms with E-state index in [1.165, 1.54) is 31.0 Å². The van der Waals surface area contributed by atoms with Gasteiger partial charge in [0, 0.05) is 30.8 Å². The van der Waals surface area contributed by atoms with Crippen LogP contribution in [-0.2, 0) is 0 Å². The van der Waals surface area contributed by atoms with Gasteiger partial charge >= 0.3 is 0 Å². The van der Waals surface area contributed by atoms with E-state index in [0.29, 0.717) is 11.6 Å². The molecule has 2 heterocycles. The van der Waals surface area contributed by atoms with Gasteiger partial charge in [-0.25, -0.2) is 0 Å². The number of hydrogen-bond acceptors (Lipinski definition) is 4. The second kappa shape index (κ2) is 5.32. The molecule has 2 saturated heterocycles. The molecule has 20 heavy (non-hydrogen) atoms. The average molecular weight is 276 g/mol. The predicted molar refractivity (Wildman–Crippen MR) is 74.9 cm³/mol. The molecule has 1 unspecified atom stereocenters. The number of phenolic OH excluding ortho intramolecular Hbond substituents is 2. The molecular weight excluding hydrogens is 256 g/mol. The Morgan fingerprint density at radius 2 is 1.70 bits per heavy atom. The summed E-state index contributed by atoms with van der Waals surface area (Å²) in [5.74, 6) is -0.273. The van der Waals surface area contributed by atoms with Gasteiger partial charge < -0.3 is 15.1 Å². The fraction of sp³-hybridized carbons (Fsp3) is 0.533. The van der Waals surface area contributed by atoms with E-state index in [0.717, 1.165) is 32.6 Å². The molecule has 1 aromatic rings. The molecule has 1 amide bonds. The highest BCUT2D eigenvalue weighted by Gasteiger charge is 2.32. The maximum Gasteiger partial charge on any atom is 0.254 e. The van der Waals surface area contributed by atoms with Crippen LogP contribution in [-0.4, -0.2) is 58.1 Å². The second-order valence-electron chi connectivity index (χ2n) is 5.67. The van der Waals surface area contributed by atoms with Gasteiger partial charge in [0.1, 0.15) is 11.5 Å². The third kappa shape index (κ3) is 2.58. The van der Waals surface area contributed by atoms with Crippen molar-refractivity contribution >= 4 is 5.91 Å². The number of phenols is 2. The Hall–Kier alpha value is -1.75. The third-order valence-corrected chi connectivity index (χ3v) is 4.26. The minimum Gasteiger partial charge on any atom is -0.508 e. The van der Waals surface area contributed by atoms with Crippen molar-refractivity contribution in [3.05, 3.63) is 23.8 Å². The van der Waals surface area contributed by atoms with Gasteiger partial charge in [0.25, 0.3) is 5.91 Å². The van der Waals surface area contributed by atoms with Gasteiger partial charge in [-0.1, -0.05) is 0 Å². The molecule has 0 bridgehead atoms. The normalized spacial score (nSPS) is 23.4. The standard InChI is InChI=1S/C15H20N2O3/c18-13-7-11(8-14(19)9-13)15(20)17-6-3-12(10-17)16-4-1-2-5-16/h7-9,12,18-19H,1-6,10H2. The van der Waals surface area contributed by atoms with Crippen molar-refractivity contribution in [3.63, 3.8) is 0 Å². The van der Waals surface area contributed by atoms with E-state index in [4.69, 9.17) is 0 Å². The van der Waals surface area contributed by atoms with Gasteiger partial charge in [-0.3, -0.25) is 9.69 Å². The van der Waals surface area contributed by atoms with Crippen LogP contribution in [0.3, 0.4) is 0 Å². The average Bonchev–Trinajstić information content (AvgIpc) is 3.07. The van der Waals surface area contributed by atoms with Gasteiger partial charge in [0.2, 0.25) is 0 Å². The zero-order chi connectivity index (χ0) is 14.1. The molecule has 2 N–H and O–H groups in total. The largest absolute Gasteiger partial charge is 0.508 e. The molecule has 5 nitrogen and oxygen atoms in total. The number of benzene rings is 1. The molecule has 2 aliphatic rings. The molecule has 0 saturated carbocycles. The van der Waals surface area contributed by atoms with E-state index in [1.807, 2.05) is 4.90 Å². The van der Waals surface area contributed by atoms with Crippen LogP contribution in [0.2, 0.25) is 0 Å². The number of hydrogen-bond donors (Lipinski definition) is 2. The van der Waals surface area contributed by atoms with Crippen LogP contribution in [0.4, 0.5) is 0 Å². The molecule has 0 spiro atoms. The van der Waals surface area contributed by atoms with E-state index in [1.54, 1.807) is 0 Å².